The molecule has 0 aromatic carbocycles. The summed E-state index contributed by atoms with van der Waals surface area (Å²) in [5, 5.41) is 7.18. The van der Waals surface area contributed by atoms with E-state index in [-0.39, 0.29) is 5.84 Å². The van der Waals surface area contributed by atoms with Gasteiger partial charge in [-0.15, -0.1) is 0 Å². The van der Waals surface area contributed by atoms with Crippen LogP contribution in [0.15, 0.2) is 22.8 Å². The first-order chi connectivity index (χ1) is 7.13. The van der Waals surface area contributed by atoms with Gasteiger partial charge < -0.3 is 10.6 Å². The largest absolute Gasteiger partial charge is 0.388 e. The summed E-state index contributed by atoms with van der Waals surface area (Å²) < 4.78 is 0.967. The lowest BCUT2D eigenvalue weighted by atomic mass is 10.3. The molecule has 15 heavy (non-hydrogen) atoms. The van der Waals surface area contributed by atoms with Gasteiger partial charge in [0.1, 0.15) is 5.82 Å². The third-order valence-corrected chi connectivity index (χ3v) is 2.54. The van der Waals surface area contributed by atoms with Crippen molar-refractivity contribution in [1.82, 2.24) is 4.98 Å². The number of rotatable bonds is 5. The maximum absolute atomic E-state index is 7.18. The number of nitrogens with one attached hydrogen (secondary N) is 1. The smallest absolute Gasteiger partial charge is 0.128 e. The Morgan fingerprint density at radius 1 is 1.60 bits per heavy atom. The molecule has 0 bridgehead atoms. The number of hydrogen-bond donors (Lipinski definition) is 2. The molecular weight excluding hydrogens is 256 g/mol. The van der Waals surface area contributed by atoms with Gasteiger partial charge >= 0.3 is 0 Å². The lowest BCUT2D eigenvalue weighted by Crippen LogP contribution is -2.28. The SMILES string of the molecule is CCN(CCC(=N)N)c1ccc(Br)cn1. The first-order valence-electron chi connectivity index (χ1n) is 4.83. The molecule has 1 aromatic heterocycles. The fourth-order valence-corrected chi connectivity index (χ4v) is 1.48. The van der Waals surface area contributed by atoms with Gasteiger partial charge in [0.15, 0.2) is 0 Å². The molecule has 3 N–H and O–H groups in total. The molecular formula is C10H15BrN4. The lowest BCUT2D eigenvalue weighted by Gasteiger charge is -2.21. The van der Waals surface area contributed by atoms with Crippen LogP contribution in [0.25, 0.3) is 0 Å². The number of nitrogens with zero attached hydrogens (tertiary/aromatic N) is 2. The van der Waals surface area contributed by atoms with E-state index in [1.54, 1.807) is 6.20 Å². The van der Waals surface area contributed by atoms with Gasteiger partial charge in [-0.3, -0.25) is 5.41 Å². The third-order valence-electron chi connectivity index (χ3n) is 2.07. The Balaban J connectivity index is 2.65. The summed E-state index contributed by atoms with van der Waals surface area (Å²) in [6.45, 7) is 3.66. The van der Waals surface area contributed by atoms with Gasteiger partial charge in [-0.2, -0.15) is 0 Å². The van der Waals surface area contributed by atoms with Crippen LogP contribution in [-0.4, -0.2) is 23.9 Å². The number of hydrogen-bond acceptors (Lipinski definition) is 3. The van der Waals surface area contributed by atoms with Crippen LogP contribution in [-0.2, 0) is 0 Å². The van der Waals surface area contributed by atoms with E-state index in [1.807, 2.05) is 12.1 Å². The molecule has 0 unspecified atom stereocenters. The zero-order chi connectivity index (χ0) is 11.3. The second kappa shape index (κ2) is 5.70. The Kier molecular flexibility index (Phi) is 4.55. The number of nitrogens with two attached hydrogens (primary N) is 1. The van der Waals surface area contributed by atoms with Crippen LogP contribution in [0.2, 0.25) is 0 Å². The van der Waals surface area contributed by atoms with E-state index in [2.05, 4.69) is 32.7 Å². The number of anilines is 1. The molecule has 5 heteroatoms. The molecule has 82 valence electrons. The molecule has 0 fully saturated rings. The van der Waals surface area contributed by atoms with Gasteiger partial charge in [-0.1, -0.05) is 0 Å². The summed E-state index contributed by atoms with van der Waals surface area (Å²) in [4.78, 5) is 6.39. The normalized spacial score (nSPS) is 10.0. The molecule has 0 amide bonds. The summed E-state index contributed by atoms with van der Waals surface area (Å²) in [6.07, 6.45) is 2.34. The van der Waals surface area contributed by atoms with Gasteiger partial charge in [0.2, 0.25) is 0 Å². The molecule has 0 aliphatic carbocycles. The van der Waals surface area contributed by atoms with Crippen LogP contribution in [0, 0.1) is 5.41 Å². The molecule has 1 aromatic rings. The van der Waals surface area contributed by atoms with E-state index < -0.39 is 0 Å². The molecule has 1 rings (SSSR count). The summed E-state index contributed by atoms with van der Waals surface area (Å²) in [6, 6.07) is 3.91. The van der Waals surface area contributed by atoms with Crippen LogP contribution in [0.3, 0.4) is 0 Å². The number of amidine groups is 1. The van der Waals surface area contributed by atoms with Crippen LogP contribution < -0.4 is 10.6 Å². The van der Waals surface area contributed by atoms with Crippen LogP contribution >= 0.6 is 15.9 Å². The topological polar surface area (TPSA) is 66.0 Å². The van der Waals surface area contributed by atoms with Crippen molar-refractivity contribution >= 4 is 27.6 Å². The zero-order valence-corrected chi connectivity index (χ0v) is 10.3. The van der Waals surface area contributed by atoms with Crippen molar-refractivity contribution in [3.05, 3.63) is 22.8 Å². The minimum absolute atomic E-state index is 0.213. The van der Waals surface area contributed by atoms with E-state index in [9.17, 15) is 0 Å². The highest BCUT2D eigenvalue weighted by Gasteiger charge is 2.05. The lowest BCUT2D eigenvalue weighted by molar-refractivity contribution is 0.814. The van der Waals surface area contributed by atoms with Crippen molar-refractivity contribution in [2.75, 3.05) is 18.0 Å². The first kappa shape index (κ1) is 12.0. The maximum Gasteiger partial charge on any atom is 0.128 e. The molecule has 0 spiro atoms. The Hall–Kier alpha value is -1.10. The predicted molar refractivity (Wildman–Crippen MR) is 66.4 cm³/mol. The second-order valence-electron chi connectivity index (χ2n) is 3.19. The minimum Gasteiger partial charge on any atom is -0.388 e. The van der Waals surface area contributed by atoms with Gasteiger partial charge in [-0.05, 0) is 35.0 Å². The van der Waals surface area contributed by atoms with Gasteiger partial charge in [0.05, 0.1) is 5.84 Å². The van der Waals surface area contributed by atoms with Gasteiger partial charge in [0.25, 0.3) is 0 Å². The van der Waals surface area contributed by atoms with Crippen LogP contribution in [0.1, 0.15) is 13.3 Å². The molecule has 0 radical (unpaired) electrons. The van der Waals surface area contributed by atoms with Gasteiger partial charge in [-0.25, -0.2) is 4.98 Å². The molecule has 0 aliphatic heterocycles. The van der Waals surface area contributed by atoms with Gasteiger partial charge in [0, 0.05) is 30.2 Å². The summed E-state index contributed by atoms with van der Waals surface area (Å²) in [7, 11) is 0. The number of halogens is 1. The standard InChI is InChI=1S/C10H15BrN4/c1-2-15(6-5-9(12)13)10-4-3-8(11)7-14-10/h3-4,7H,2,5-6H2,1H3,(H3,12,13). The zero-order valence-electron chi connectivity index (χ0n) is 8.70. The third kappa shape index (κ3) is 3.87. The summed E-state index contributed by atoms with van der Waals surface area (Å²) in [5.41, 5.74) is 5.33. The fraction of sp³-hybridized carbons (Fsp3) is 0.400. The average Bonchev–Trinajstić information content (AvgIpc) is 2.21. The van der Waals surface area contributed by atoms with Crippen molar-refractivity contribution in [2.45, 2.75) is 13.3 Å². The Bertz CT molecular complexity index is 323. The summed E-state index contributed by atoms with van der Waals surface area (Å²) >= 11 is 3.34. The highest BCUT2D eigenvalue weighted by Crippen LogP contribution is 2.14. The minimum atomic E-state index is 0.213. The van der Waals surface area contributed by atoms with E-state index in [0.717, 1.165) is 23.4 Å². The van der Waals surface area contributed by atoms with E-state index in [0.29, 0.717) is 6.42 Å². The van der Waals surface area contributed by atoms with Crippen molar-refractivity contribution in [1.29, 1.82) is 5.41 Å². The first-order valence-corrected chi connectivity index (χ1v) is 5.62. The Morgan fingerprint density at radius 2 is 2.33 bits per heavy atom. The van der Waals surface area contributed by atoms with E-state index >= 15 is 0 Å². The van der Waals surface area contributed by atoms with Crippen molar-refractivity contribution < 1.29 is 0 Å². The Labute approximate surface area is 98.1 Å². The highest BCUT2D eigenvalue weighted by molar-refractivity contribution is 9.10. The maximum atomic E-state index is 7.18. The van der Waals surface area contributed by atoms with Crippen molar-refractivity contribution in [2.24, 2.45) is 5.73 Å². The summed E-state index contributed by atoms with van der Waals surface area (Å²) in [5.74, 6) is 1.13. The molecule has 0 atom stereocenters. The monoisotopic (exact) mass is 270 g/mol. The molecule has 1 heterocycles. The molecule has 0 saturated heterocycles. The quantitative estimate of drug-likeness (QED) is 0.635. The molecule has 4 nitrogen and oxygen atoms in total. The van der Waals surface area contributed by atoms with Crippen molar-refractivity contribution in [3.8, 4) is 0 Å². The number of aromatic nitrogens is 1. The molecule has 0 aliphatic rings. The Morgan fingerprint density at radius 3 is 2.80 bits per heavy atom. The fourth-order valence-electron chi connectivity index (χ4n) is 1.25. The highest BCUT2D eigenvalue weighted by atomic mass is 79.9. The molecule has 0 saturated carbocycles. The second-order valence-corrected chi connectivity index (χ2v) is 4.11. The van der Waals surface area contributed by atoms with E-state index in [4.69, 9.17) is 11.1 Å². The van der Waals surface area contributed by atoms with E-state index in [1.165, 1.54) is 0 Å². The van der Waals surface area contributed by atoms with Crippen LogP contribution in [0.4, 0.5) is 5.82 Å². The van der Waals surface area contributed by atoms with Crippen molar-refractivity contribution in [3.63, 3.8) is 0 Å². The predicted octanol–water partition coefficient (Wildman–Crippen LogP) is 2.00. The number of pyridine rings is 1. The average molecular weight is 271 g/mol. The van der Waals surface area contributed by atoms with Crippen LogP contribution in [0.5, 0.6) is 0 Å².